The second-order valence-electron chi connectivity index (χ2n) is 4.44. The van der Waals surface area contributed by atoms with Gasteiger partial charge in [0, 0.05) is 23.2 Å². The highest BCUT2D eigenvalue weighted by molar-refractivity contribution is 5.93. The SMILES string of the molecule is N#Cc1cc(Nc2ccc(F)c(F)c2)c2cc(F)ncc2n1. The molecule has 0 spiro atoms. The number of aromatic nitrogens is 2. The van der Waals surface area contributed by atoms with Crippen LogP contribution in [0.1, 0.15) is 5.69 Å². The van der Waals surface area contributed by atoms with Gasteiger partial charge in [0.2, 0.25) is 5.95 Å². The normalized spacial score (nSPS) is 10.5. The van der Waals surface area contributed by atoms with E-state index in [1.165, 1.54) is 18.3 Å². The van der Waals surface area contributed by atoms with E-state index in [2.05, 4.69) is 15.3 Å². The molecule has 0 amide bonds. The van der Waals surface area contributed by atoms with Crippen molar-refractivity contribution in [2.24, 2.45) is 0 Å². The fourth-order valence-corrected chi connectivity index (χ4v) is 1.99. The summed E-state index contributed by atoms with van der Waals surface area (Å²) >= 11 is 0. The maximum Gasteiger partial charge on any atom is 0.213 e. The first-order chi connectivity index (χ1) is 10.6. The number of benzene rings is 1. The van der Waals surface area contributed by atoms with E-state index in [0.717, 1.165) is 18.2 Å². The lowest BCUT2D eigenvalue weighted by Gasteiger charge is -2.10. The standard InChI is InChI=1S/C15H7F3N4/c16-11-2-1-8(3-12(11)17)21-13-4-9(6-19)22-14-7-20-15(18)5-10(13)14/h1-5,7H,(H,21,22). The van der Waals surface area contributed by atoms with Crippen LogP contribution in [0.25, 0.3) is 10.9 Å². The van der Waals surface area contributed by atoms with Gasteiger partial charge in [-0.25, -0.2) is 18.7 Å². The molecule has 0 radical (unpaired) electrons. The molecule has 1 aromatic carbocycles. The van der Waals surface area contributed by atoms with E-state index in [-0.39, 0.29) is 11.4 Å². The Bertz CT molecular complexity index is 919. The van der Waals surface area contributed by atoms with Crippen molar-refractivity contribution in [3.63, 3.8) is 0 Å². The predicted molar refractivity (Wildman–Crippen MR) is 73.9 cm³/mol. The van der Waals surface area contributed by atoms with E-state index in [0.29, 0.717) is 16.6 Å². The van der Waals surface area contributed by atoms with Gasteiger partial charge < -0.3 is 5.32 Å². The fraction of sp³-hybridized carbons (Fsp3) is 0. The topological polar surface area (TPSA) is 61.6 Å². The summed E-state index contributed by atoms with van der Waals surface area (Å²) in [6, 6.07) is 7.67. The first-order valence-electron chi connectivity index (χ1n) is 6.15. The molecular formula is C15H7F3N4. The van der Waals surface area contributed by atoms with Crippen molar-refractivity contribution < 1.29 is 13.2 Å². The lowest BCUT2D eigenvalue weighted by Crippen LogP contribution is -1.97. The molecule has 0 saturated heterocycles. The molecular weight excluding hydrogens is 293 g/mol. The molecule has 0 aliphatic carbocycles. The Morgan fingerprint density at radius 1 is 1.05 bits per heavy atom. The van der Waals surface area contributed by atoms with E-state index in [1.54, 1.807) is 0 Å². The molecule has 2 heterocycles. The number of nitrogens with one attached hydrogen (secondary N) is 1. The van der Waals surface area contributed by atoms with E-state index in [9.17, 15) is 13.2 Å². The monoisotopic (exact) mass is 300 g/mol. The molecule has 3 aromatic rings. The van der Waals surface area contributed by atoms with Crippen molar-refractivity contribution in [3.8, 4) is 6.07 Å². The van der Waals surface area contributed by atoms with E-state index >= 15 is 0 Å². The molecule has 0 saturated carbocycles. The number of hydrogen-bond donors (Lipinski definition) is 1. The number of nitriles is 1. The maximum atomic E-state index is 13.3. The Balaban J connectivity index is 2.14. The minimum Gasteiger partial charge on any atom is -0.355 e. The summed E-state index contributed by atoms with van der Waals surface area (Å²) in [5.74, 6) is -2.71. The van der Waals surface area contributed by atoms with Crippen LogP contribution < -0.4 is 5.32 Å². The maximum absolute atomic E-state index is 13.3. The Hall–Kier alpha value is -3.14. The third-order valence-electron chi connectivity index (χ3n) is 2.97. The molecule has 0 aliphatic heterocycles. The van der Waals surface area contributed by atoms with Gasteiger partial charge in [-0.15, -0.1) is 0 Å². The molecule has 108 valence electrons. The summed E-state index contributed by atoms with van der Waals surface area (Å²) in [5, 5.41) is 12.2. The van der Waals surface area contributed by atoms with Crippen molar-refractivity contribution in [2.75, 3.05) is 5.32 Å². The number of anilines is 2. The van der Waals surface area contributed by atoms with Gasteiger partial charge in [0.25, 0.3) is 0 Å². The zero-order valence-electron chi connectivity index (χ0n) is 10.9. The van der Waals surface area contributed by atoms with Crippen LogP contribution in [-0.2, 0) is 0 Å². The van der Waals surface area contributed by atoms with Crippen molar-refractivity contribution in [1.29, 1.82) is 5.26 Å². The van der Waals surface area contributed by atoms with E-state index < -0.39 is 17.6 Å². The molecule has 2 aromatic heterocycles. The van der Waals surface area contributed by atoms with Crippen molar-refractivity contribution >= 4 is 22.3 Å². The highest BCUT2D eigenvalue weighted by Crippen LogP contribution is 2.27. The zero-order chi connectivity index (χ0) is 15.7. The second kappa shape index (κ2) is 5.33. The number of pyridine rings is 2. The van der Waals surface area contributed by atoms with Gasteiger partial charge in [-0.3, -0.25) is 0 Å². The second-order valence-corrected chi connectivity index (χ2v) is 4.44. The van der Waals surface area contributed by atoms with E-state index in [4.69, 9.17) is 5.26 Å². The minimum atomic E-state index is -1.02. The van der Waals surface area contributed by atoms with Crippen molar-refractivity contribution in [3.05, 3.63) is 59.8 Å². The van der Waals surface area contributed by atoms with Crippen LogP contribution in [0.2, 0.25) is 0 Å². The van der Waals surface area contributed by atoms with Crippen LogP contribution in [0.5, 0.6) is 0 Å². The van der Waals surface area contributed by atoms with Gasteiger partial charge in [-0.2, -0.15) is 9.65 Å². The summed E-state index contributed by atoms with van der Waals surface area (Å²) in [6.45, 7) is 0. The van der Waals surface area contributed by atoms with Crippen LogP contribution in [0.15, 0.2) is 36.5 Å². The highest BCUT2D eigenvalue weighted by atomic mass is 19.2. The smallest absolute Gasteiger partial charge is 0.213 e. The summed E-state index contributed by atoms with van der Waals surface area (Å²) in [5.41, 5.74) is 0.998. The minimum absolute atomic E-state index is 0.0889. The summed E-state index contributed by atoms with van der Waals surface area (Å²) < 4.78 is 39.5. The molecule has 4 nitrogen and oxygen atoms in total. The Morgan fingerprint density at radius 2 is 1.86 bits per heavy atom. The molecule has 0 fully saturated rings. The Morgan fingerprint density at radius 3 is 2.59 bits per heavy atom. The Kier molecular flexibility index (Phi) is 3.35. The van der Waals surface area contributed by atoms with Gasteiger partial charge in [-0.1, -0.05) is 0 Å². The van der Waals surface area contributed by atoms with E-state index in [1.807, 2.05) is 6.07 Å². The molecule has 0 aliphatic rings. The van der Waals surface area contributed by atoms with Gasteiger partial charge in [0.15, 0.2) is 11.6 Å². The number of nitrogens with zero attached hydrogens (tertiary/aromatic N) is 3. The molecule has 0 unspecified atom stereocenters. The quantitative estimate of drug-likeness (QED) is 0.734. The zero-order valence-corrected chi connectivity index (χ0v) is 10.9. The van der Waals surface area contributed by atoms with Gasteiger partial charge in [0.05, 0.1) is 17.4 Å². The van der Waals surface area contributed by atoms with Gasteiger partial charge >= 0.3 is 0 Å². The average molecular weight is 300 g/mol. The van der Waals surface area contributed by atoms with Crippen LogP contribution in [0, 0.1) is 28.9 Å². The van der Waals surface area contributed by atoms with Crippen LogP contribution >= 0.6 is 0 Å². The van der Waals surface area contributed by atoms with Crippen molar-refractivity contribution in [1.82, 2.24) is 9.97 Å². The number of halogens is 3. The number of rotatable bonds is 2. The molecule has 0 bridgehead atoms. The summed E-state index contributed by atoms with van der Waals surface area (Å²) in [7, 11) is 0. The summed E-state index contributed by atoms with van der Waals surface area (Å²) in [6.07, 6.45) is 1.20. The number of fused-ring (bicyclic) bond motifs is 1. The number of hydrogen-bond acceptors (Lipinski definition) is 4. The Labute approximate surface area is 122 Å². The van der Waals surface area contributed by atoms with Crippen LogP contribution in [-0.4, -0.2) is 9.97 Å². The molecule has 22 heavy (non-hydrogen) atoms. The van der Waals surface area contributed by atoms with Crippen LogP contribution in [0.4, 0.5) is 24.5 Å². The summed E-state index contributed by atoms with van der Waals surface area (Å²) in [4.78, 5) is 7.49. The molecule has 3 rings (SSSR count). The van der Waals surface area contributed by atoms with Crippen molar-refractivity contribution in [2.45, 2.75) is 0 Å². The first kappa shape index (κ1) is 13.8. The van der Waals surface area contributed by atoms with Crippen LogP contribution in [0.3, 0.4) is 0 Å². The lowest BCUT2D eigenvalue weighted by atomic mass is 10.2. The largest absolute Gasteiger partial charge is 0.355 e. The first-order valence-corrected chi connectivity index (χ1v) is 6.15. The fourth-order valence-electron chi connectivity index (χ4n) is 1.99. The molecule has 7 heteroatoms. The third-order valence-corrected chi connectivity index (χ3v) is 2.97. The molecule has 1 N–H and O–H groups in total. The predicted octanol–water partition coefficient (Wildman–Crippen LogP) is 3.66. The highest BCUT2D eigenvalue weighted by Gasteiger charge is 2.09. The van der Waals surface area contributed by atoms with Gasteiger partial charge in [-0.05, 0) is 18.2 Å². The van der Waals surface area contributed by atoms with Gasteiger partial charge in [0.1, 0.15) is 11.8 Å². The third kappa shape index (κ3) is 2.54. The molecule has 0 atom stereocenters. The average Bonchev–Trinajstić information content (AvgIpc) is 2.51. The lowest BCUT2D eigenvalue weighted by molar-refractivity contribution is 0.509.